The Balaban J connectivity index is 1.51. The summed E-state index contributed by atoms with van der Waals surface area (Å²) in [5.74, 6) is -8.10. The van der Waals surface area contributed by atoms with Gasteiger partial charge in [0.05, 0.1) is 24.5 Å². The van der Waals surface area contributed by atoms with Crippen LogP contribution < -0.4 is 9.47 Å². The van der Waals surface area contributed by atoms with E-state index < -0.39 is 77.7 Å². The van der Waals surface area contributed by atoms with Crippen LogP contribution in [0.25, 0.3) is 0 Å². The number of rotatable bonds is 11. The van der Waals surface area contributed by atoms with Crippen molar-refractivity contribution in [1.82, 2.24) is 4.90 Å². The molecule has 0 unspecified atom stereocenters. The van der Waals surface area contributed by atoms with Gasteiger partial charge in [-0.15, -0.1) is 0 Å². The number of carbonyl (C=O) groups is 6. The van der Waals surface area contributed by atoms with Gasteiger partial charge in [-0.05, 0) is 44.1 Å². The summed E-state index contributed by atoms with van der Waals surface area (Å²) in [5.41, 5.74) is -0.762. The van der Waals surface area contributed by atoms with E-state index in [0.29, 0.717) is 30.9 Å². The maximum Gasteiger partial charge on any atom is 0.357 e. The van der Waals surface area contributed by atoms with Crippen molar-refractivity contribution >= 4 is 35.8 Å². The van der Waals surface area contributed by atoms with Gasteiger partial charge in [-0.3, -0.25) is 14.4 Å². The maximum absolute atomic E-state index is 13.7. The van der Waals surface area contributed by atoms with Crippen molar-refractivity contribution in [2.75, 3.05) is 20.7 Å². The Labute approximate surface area is 261 Å². The second-order valence-corrected chi connectivity index (χ2v) is 11.6. The van der Waals surface area contributed by atoms with Crippen molar-refractivity contribution in [3.8, 4) is 11.5 Å². The fraction of sp³-hybridized carbons (Fsp3) is 0.533. The molecule has 1 fully saturated rings. The molecule has 2 bridgehead atoms. The lowest BCUT2D eigenvalue weighted by Crippen LogP contribution is -2.74. The van der Waals surface area contributed by atoms with Crippen LogP contribution in [0.2, 0.25) is 0 Å². The summed E-state index contributed by atoms with van der Waals surface area (Å²) in [6, 6.07) is 3.35. The fourth-order valence-electron chi connectivity index (χ4n) is 7.13. The summed E-state index contributed by atoms with van der Waals surface area (Å²) < 4.78 is 32.4. The van der Waals surface area contributed by atoms with Crippen molar-refractivity contribution in [2.24, 2.45) is 0 Å². The van der Waals surface area contributed by atoms with Crippen LogP contribution in [-0.2, 0) is 59.6 Å². The summed E-state index contributed by atoms with van der Waals surface area (Å²) >= 11 is 0. The number of likely N-dealkylation sites (tertiary alicyclic amines) is 1. The molecule has 0 aromatic heterocycles. The number of aliphatic hydroxyl groups is 1. The van der Waals surface area contributed by atoms with E-state index in [1.165, 1.54) is 13.2 Å². The predicted octanol–water partition coefficient (Wildman–Crippen LogP) is -0.149. The molecular weight excluding hydrogens is 614 g/mol. The van der Waals surface area contributed by atoms with Crippen LogP contribution in [0.15, 0.2) is 24.0 Å². The maximum atomic E-state index is 13.7. The summed E-state index contributed by atoms with van der Waals surface area (Å²) in [6.07, 6.45) is -6.71. The molecule has 0 radical (unpaired) electrons. The first-order valence-corrected chi connectivity index (χ1v) is 14.4. The number of carboxylic acid groups (broad SMARTS) is 2. The standard InChI is InChI=1S/C30H33NO15/c1-13(32)42-23(24(43-14(2)33)28(39)45-18(26(36)37)12-20(34)35)27(38)44-17-7-8-30(40)19-11-15-5-6-16(41-4)22-21(15)29(30,25(17)46-22)9-10-31(19)3/h5-7,18-19,23-25,40H,8-12H2,1-4H3,(H,34,35)(H,36,37)/t18-,19-,23-,24-,25+,29+,30-/m1/s1. The zero-order valence-electron chi connectivity index (χ0n) is 25.3. The lowest BCUT2D eigenvalue weighted by atomic mass is 9.50. The topological polar surface area (TPSA) is 222 Å². The number of aliphatic carboxylic acids is 2. The van der Waals surface area contributed by atoms with Crippen LogP contribution in [0, 0.1) is 0 Å². The molecule has 3 N–H and O–H groups in total. The molecule has 1 saturated heterocycles. The largest absolute Gasteiger partial charge is 0.493 e. The average molecular weight is 648 g/mol. The van der Waals surface area contributed by atoms with E-state index in [9.17, 15) is 39.0 Å². The van der Waals surface area contributed by atoms with Crippen LogP contribution in [-0.4, -0.2) is 113 Å². The van der Waals surface area contributed by atoms with E-state index in [2.05, 4.69) is 4.90 Å². The van der Waals surface area contributed by atoms with Gasteiger partial charge >= 0.3 is 35.8 Å². The molecule has 5 rings (SSSR count). The normalized spacial score (nSPS) is 27.4. The number of carboxylic acids is 2. The zero-order chi connectivity index (χ0) is 33.7. The Morgan fingerprint density at radius 2 is 1.67 bits per heavy atom. The van der Waals surface area contributed by atoms with Crippen molar-refractivity contribution in [3.05, 3.63) is 35.1 Å². The van der Waals surface area contributed by atoms with Crippen LogP contribution in [0.5, 0.6) is 11.5 Å². The number of hydrogen-bond acceptors (Lipinski definition) is 14. The summed E-state index contributed by atoms with van der Waals surface area (Å²) in [7, 11) is 3.38. The molecular formula is C30H33NO15. The van der Waals surface area contributed by atoms with E-state index in [-0.39, 0.29) is 18.2 Å². The minimum absolute atomic E-state index is 0.0314. The Bertz CT molecular complexity index is 1540. The fourth-order valence-corrected chi connectivity index (χ4v) is 7.13. The Kier molecular flexibility index (Phi) is 8.46. The van der Waals surface area contributed by atoms with Gasteiger partial charge in [-0.2, -0.15) is 0 Å². The number of piperidine rings is 1. The number of nitrogens with zero attached hydrogens (tertiary/aromatic N) is 1. The predicted molar refractivity (Wildman–Crippen MR) is 148 cm³/mol. The molecule has 248 valence electrons. The molecule has 2 aliphatic carbocycles. The van der Waals surface area contributed by atoms with Crippen LogP contribution in [0.1, 0.15) is 44.2 Å². The van der Waals surface area contributed by atoms with Crippen molar-refractivity contribution < 1.29 is 72.5 Å². The molecule has 4 aliphatic rings. The van der Waals surface area contributed by atoms with Crippen molar-refractivity contribution in [1.29, 1.82) is 0 Å². The van der Waals surface area contributed by atoms with Crippen LogP contribution in [0.3, 0.4) is 0 Å². The summed E-state index contributed by atoms with van der Waals surface area (Å²) in [5, 5.41) is 30.7. The van der Waals surface area contributed by atoms with E-state index in [1.807, 2.05) is 13.1 Å². The lowest BCUT2D eigenvalue weighted by Gasteiger charge is -2.61. The monoisotopic (exact) mass is 647 g/mol. The zero-order valence-corrected chi connectivity index (χ0v) is 25.3. The minimum Gasteiger partial charge on any atom is -0.493 e. The average Bonchev–Trinajstić information content (AvgIpc) is 3.33. The van der Waals surface area contributed by atoms with Gasteiger partial charge in [-0.25, -0.2) is 14.4 Å². The number of ether oxygens (including phenoxy) is 6. The minimum atomic E-state index is -2.38. The van der Waals surface area contributed by atoms with E-state index >= 15 is 0 Å². The Morgan fingerprint density at radius 3 is 2.26 bits per heavy atom. The highest BCUT2D eigenvalue weighted by atomic mass is 16.6. The molecule has 0 saturated carbocycles. The van der Waals surface area contributed by atoms with E-state index in [0.717, 1.165) is 25.0 Å². The van der Waals surface area contributed by atoms with Gasteiger partial charge in [0.25, 0.3) is 0 Å². The first-order valence-electron chi connectivity index (χ1n) is 14.4. The number of methoxy groups -OCH3 is 1. The first-order chi connectivity index (χ1) is 21.6. The smallest absolute Gasteiger partial charge is 0.357 e. The molecule has 46 heavy (non-hydrogen) atoms. The van der Waals surface area contributed by atoms with Gasteiger partial charge in [0, 0.05) is 31.9 Å². The Hall–Kier alpha value is -4.70. The second kappa shape index (κ2) is 11.9. The summed E-state index contributed by atoms with van der Waals surface area (Å²) in [4.78, 5) is 75.5. The van der Waals surface area contributed by atoms with E-state index in [1.54, 1.807) is 6.07 Å². The SMILES string of the molecule is COc1ccc2c3c1O[C@H]1C(OC(=O)[C@H](OC(C)=O)[C@@H](OC(C)=O)C(=O)O[C@H](CC(=O)O)C(=O)O)=CC[C@@]4(O)[C@@H](C2)N(C)CC[C@]314. The molecule has 16 heteroatoms. The highest BCUT2D eigenvalue weighted by Crippen LogP contribution is 2.65. The van der Waals surface area contributed by atoms with Crippen molar-refractivity contribution in [2.45, 2.75) is 81.0 Å². The number of likely N-dealkylation sites (N-methyl/N-ethyl adjacent to an activating group) is 1. The molecule has 16 nitrogen and oxygen atoms in total. The molecule has 2 aliphatic heterocycles. The van der Waals surface area contributed by atoms with E-state index in [4.69, 9.17) is 33.5 Å². The Morgan fingerprint density at radius 1 is 1.02 bits per heavy atom. The van der Waals surface area contributed by atoms with Gasteiger partial charge in [0.15, 0.2) is 17.6 Å². The highest BCUT2D eigenvalue weighted by Gasteiger charge is 2.72. The van der Waals surface area contributed by atoms with Crippen LogP contribution >= 0.6 is 0 Å². The molecule has 1 aromatic carbocycles. The van der Waals surface area contributed by atoms with Gasteiger partial charge in [-0.1, -0.05) is 6.07 Å². The van der Waals surface area contributed by atoms with Crippen LogP contribution in [0.4, 0.5) is 0 Å². The molecule has 7 atom stereocenters. The third-order valence-corrected chi connectivity index (χ3v) is 9.00. The number of carbonyl (C=O) groups excluding carboxylic acids is 4. The van der Waals surface area contributed by atoms with Gasteiger partial charge in [0.1, 0.15) is 5.76 Å². The molecule has 1 aromatic rings. The number of benzene rings is 1. The number of hydrogen-bond donors (Lipinski definition) is 3. The first kappa shape index (κ1) is 32.7. The number of esters is 4. The third-order valence-electron chi connectivity index (χ3n) is 9.00. The van der Waals surface area contributed by atoms with Crippen molar-refractivity contribution in [3.63, 3.8) is 0 Å². The summed E-state index contributed by atoms with van der Waals surface area (Å²) in [6.45, 7) is 2.33. The second-order valence-electron chi connectivity index (χ2n) is 11.6. The third kappa shape index (κ3) is 5.20. The van der Waals surface area contributed by atoms with Gasteiger partial charge < -0.3 is 48.6 Å². The van der Waals surface area contributed by atoms with Gasteiger partial charge in [0.2, 0.25) is 18.3 Å². The quantitative estimate of drug-likeness (QED) is 0.210. The molecule has 1 spiro atoms. The molecule has 0 amide bonds. The highest BCUT2D eigenvalue weighted by molar-refractivity contribution is 5.91. The molecule has 2 heterocycles. The lowest BCUT2D eigenvalue weighted by molar-refractivity contribution is -0.195.